The highest BCUT2D eigenvalue weighted by Gasteiger charge is 2.33. The number of rotatable bonds is 5. The Kier molecular flexibility index (Phi) is 5.55. The van der Waals surface area contributed by atoms with Gasteiger partial charge in [-0.2, -0.15) is 0 Å². The van der Waals surface area contributed by atoms with Crippen molar-refractivity contribution in [2.24, 2.45) is 11.7 Å². The first-order chi connectivity index (χ1) is 10.5. The third kappa shape index (κ3) is 4.07. The number of carbonyl (C=O) groups excluding carboxylic acids is 2. The minimum Gasteiger partial charge on any atom is -0.368 e. The predicted molar refractivity (Wildman–Crippen MR) is 86.1 cm³/mol. The molecule has 0 aliphatic carbocycles. The molecule has 0 unspecified atom stereocenters. The van der Waals surface area contributed by atoms with E-state index < -0.39 is 0 Å². The zero-order chi connectivity index (χ0) is 16.1. The number of amides is 2. The van der Waals surface area contributed by atoms with Crippen LogP contribution in [0, 0.1) is 5.92 Å². The maximum atomic E-state index is 12.1. The monoisotopic (exact) mass is 303 g/mol. The fourth-order valence-electron chi connectivity index (χ4n) is 2.84. The summed E-state index contributed by atoms with van der Waals surface area (Å²) in [6, 6.07) is 9.79. The van der Waals surface area contributed by atoms with E-state index in [2.05, 4.69) is 17.0 Å². The lowest BCUT2D eigenvalue weighted by molar-refractivity contribution is -0.139. The van der Waals surface area contributed by atoms with Gasteiger partial charge in [0.05, 0.1) is 0 Å². The number of carbonyl (C=O) groups is 2. The Morgan fingerprint density at radius 2 is 1.91 bits per heavy atom. The van der Waals surface area contributed by atoms with Gasteiger partial charge in [-0.25, -0.2) is 0 Å². The number of nitrogens with two attached hydrogens (primary N) is 1. The predicted octanol–water partition coefficient (Wildman–Crippen LogP) is 0.883. The van der Waals surface area contributed by atoms with Crippen molar-refractivity contribution in [3.05, 3.63) is 35.9 Å². The van der Waals surface area contributed by atoms with Crippen LogP contribution in [0.3, 0.4) is 0 Å². The number of nitrogens with zero attached hydrogens (tertiary/aromatic N) is 2. The molecule has 1 heterocycles. The quantitative estimate of drug-likeness (QED) is 0.878. The molecule has 22 heavy (non-hydrogen) atoms. The number of piperazine rings is 1. The van der Waals surface area contributed by atoms with E-state index in [0.717, 1.165) is 13.0 Å². The van der Waals surface area contributed by atoms with E-state index in [-0.39, 0.29) is 23.8 Å². The van der Waals surface area contributed by atoms with Crippen LogP contribution in [-0.2, 0) is 16.0 Å². The van der Waals surface area contributed by atoms with Gasteiger partial charge < -0.3 is 10.6 Å². The van der Waals surface area contributed by atoms with Crippen LogP contribution in [0.25, 0.3) is 0 Å². The summed E-state index contributed by atoms with van der Waals surface area (Å²) in [5.74, 6) is -0.312. The molecule has 1 saturated heterocycles. The topological polar surface area (TPSA) is 66.6 Å². The second-order valence-corrected chi connectivity index (χ2v) is 6.13. The molecule has 0 saturated carbocycles. The first-order valence-corrected chi connectivity index (χ1v) is 7.85. The molecular formula is C17H25N3O2. The molecule has 1 aromatic carbocycles. The molecule has 2 N–H and O–H groups in total. The molecule has 5 nitrogen and oxygen atoms in total. The molecule has 1 aliphatic rings. The molecule has 0 spiro atoms. The summed E-state index contributed by atoms with van der Waals surface area (Å²) in [5, 5.41) is 0. The fourth-order valence-corrected chi connectivity index (χ4v) is 2.84. The van der Waals surface area contributed by atoms with Gasteiger partial charge in [-0.1, -0.05) is 44.2 Å². The van der Waals surface area contributed by atoms with Crippen molar-refractivity contribution in [3.8, 4) is 0 Å². The molecule has 5 heteroatoms. The van der Waals surface area contributed by atoms with Crippen LogP contribution in [0.5, 0.6) is 0 Å². The lowest BCUT2D eigenvalue weighted by Crippen LogP contribution is -2.60. The number of hydrogen-bond acceptors (Lipinski definition) is 3. The Morgan fingerprint density at radius 3 is 2.50 bits per heavy atom. The third-order valence-electron chi connectivity index (χ3n) is 4.16. The van der Waals surface area contributed by atoms with Crippen LogP contribution in [0.4, 0.5) is 0 Å². The highest BCUT2D eigenvalue weighted by molar-refractivity contribution is 5.83. The van der Waals surface area contributed by atoms with Gasteiger partial charge in [0, 0.05) is 32.1 Å². The number of hydrogen-bond donors (Lipinski definition) is 1. The second kappa shape index (κ2) is 7.40. The molecule has 1 aliphatic heterocycles. The molecule has 2 rings (SSSR count). The molecule has 0 bridgehead atoms. The van der Waals surface area contributed by atoms with Crippen molar-refractivity contribution in [2.45, 2.75) is 26.3 Å². The lowest BCUT2D eigenvalue weighted by Gasteiger charge is -2.40. The van der Waals surface area contributed by atoms with Crippen LogP contribution in [-0.4, -0.2) is 53.8 Å². The standard InChI is InChI=1S/C17H25N3O2/c1-13(2)17(22)20-11-10-19(15(12-20)16(18)21)9-8-14-6-4-3-5-7-14/h3-7,13,15H,8-12H2,1-2H3,(H2,18,21)/t15-/m1/s1. The summed E-state index contributed by atoms with van der Waals surface area (Å²) in [5.41, 5.74) is 6.79. The minimum atomic E-state index is -0.389. The van der Waals surface area contributed by atoms with Crippen LogP contribution < -0.4 is 5.73 Å². The summed E-state index contributed by atoms with van der Waals surface area (Å²) >= 11 is 0. The Labute approximate surface area is 132 Å². The van der Waals surface area contributed by atoms with Crippen LogP contribution >= 0.6 is 0 Å². The average Bonchev–Trinajstić information content (AvgIpc) is 2.52. The highest BCUT2D eigenvalue weighted by atomic mass is 16.2. The lowest BCUT2D eigenvalue weighted by atomic mass is 10.1. The first-order valence-electron chi connectivity index (χ1n) is 7.85. The summed E-state index contributed by atoms with van der Waals surface area (Å²) in [4.78, 5) is 27.7. The fraction of sp³-hybridized carbons (Fsp3) is 0.529. The largest absolute Gasteiger partial charge is 0.368 e. The van der Waals surface area contributed by atoms with Crippen molar-refractivity contribution < 1.29 is 9.59 Å². The van der Waals surface area contributed by atoms with Crippen LogP contribution in [0.1, 0.15) is 19.4 Å². The molecule has 120 valence electrons. The van der Waals surface area contributed by atoms with Crippen molar-refractivity contribution in [2.75, 3.05) is 26.2 Å². The van der Waals surface area contributed by atoms with Gasteiger partial charge in [-0.3, -0.25) is 14.5 Å². The number of primary amides is 1. The summed E-state index contributed by atoms with van der Waals surface area (Å²) in [6.07, 6.45) is 0.878. The van der Waals surface area contributed by atoms with Crippen molar-refractivity contribution >= 4 is 11.8 Å². The second-order valence-electron chi connectivity index (χ2n) is 6.13. The Bertz CT molecular complexity index is 516. The summed E-state index contributed by atoms with van der Waals surface area (Å²) < 4.78 is 0. The van der Waals surface area contributed by atoms with Gasteiger partial charge in [0.25, 0.3) is 0 Å². The Balaban J connectivity index is 1.97. The molecule has 0 aromatic heterocycles. The van der Waals surface area contributed by atoms with Crippen molar-refractivity contribution in [1.29, 1.82) is 0 Å². The van der Waals surface area contributed by atoms with E-state index in [4.69, 9.17) is 5.73 Å². The van der Waals surface area contributed by atoms with Gasteiger partial charge >= 0.3 is 0 Å². The van der Waals surface area contributed by atoms with E-state index in [1.807, 2.05) is 32.0 Å². The van der Waals surface area contributed by atoms with E-state index in [1.54, 1.807) is 4.90 Å². The molecular weight excluding hydrogens is 278 g/mol. The third-order valence-corrected chi connectivity index (χ3v) is 4.16. The van der Waals surface area contributed by atoms with Gasteiger partial charge in [-0.15, -0.1) is 0 Å². The zero-order valence-corrected chi connectivity index (χ0v) is 13.4. The maximum Gasteiger partial charge on any atom is 0.236 e. The van der Waals surface area contributed by atoms with Crippen LogP contribution in [0.15, 0.2) is 30.3 Å². The van der Waals surface area contributed by atoms with E-state index in [1.165, 1.54) is 5.56 Å². The van der Waals surface area contributed by atoms with E-state index in [0.29, 0.717) is 19.6 Å². The van der Waals surface area contributed by atoms with Crippen LogP contribution in [0.2, 0.25) is 0 Å². The Morgan fingerprint density at radius 1 is 1.23 bits per heavy atom. The summed E-state index contributed by atoms with van der Waals surface area (Å²) in [7, 11) is 0. The summed E-state index contributed by atoms with van der Waals surface area (Å²) in [6.45, 7) is 6.30. The zero-order valence-electron chi connectivity index (χ0n) is 13.4. The molecule has 1 fully saturated rings. The molecule has 1 aromatic rings. The SMILES string of the molecule is CC(C)C(=O)N1CCN(CCc2ccccc2)[C@@H](C(N)=O)C1. The van der Waals surface area contributed by atoms with Gasteiger partial charge in [0.15, 0.2) is 0 Å². The first kappa shape index (κ1) is 16.5. The van der Waals surface area contributed by atoms with E-state index in [9.17, 15) is 9.59 Å². The van der Waals surface area contributed by atoms with E-state index >= 15 is 0 Å². The maximum absolute atomic E-state index is 12.1. The molecule has 0 radical (unpaired) electrons. The smallest absolute Gasteiger partial charge is 0.236 e. The minimum absolute atomic E-state index is 0.0515. The molecule has 2 amide bonds. The highest BCUT2D eigenvalue weighted by Crippen LogP contribution is 2.14. The van der Waals surface area contributed by atoms with Crippen molar-refractivity contribution in [3.63, 3.8) is 0 Å². The van der Waals surface area contributed by atoms with Gasteiger partial charge in [-0.05, 0) is 12.0 Å². The van der Waals surface area contributed by atoms with Crippen molar-refractivity contribution in [1.82, 2.24) is 9.80 Å². The van der Waals surface area contributed by atoms with Gasteiger partial charge in [0.2, 0.25) is 11.8 Å². The Hall–Kier alpha value is -1.88. The normalized spacial score (nSPS) is 19.4. The average molecular weight is 303 g/mol. The number of benzene rings is 1. The molecule has 1 atom stereocenters. The van der Waals surface area contributed by atoms with Gasteiger partial charge in [0.1, 0.15) is 6.04 Å².